The van der Waals surface area contributed by atoms with Crippen molar-refractivity contribution in [3.8, 4) is 11.1 Å². The number of nitrogens with two attached hydrogens (primary N) is 1. The predicted octanol–water partition coefficient (Wildman–Crippen LogP) is 4.02. The lowest BCUT2D eigenvalue weighted by Crippen LogP contribution is -2.14. The second-order valence-electron chi connectivity index (χ2n) is 6.91. The zero-order valence-electron chi connectivity index (χ0n) is 15.6. The molecule has 1 unspecified atom stereocenters. The summed E-state index contributed by atoms with van der Waals surface area (Å²) in [6.07, 6.45) is 0. The predicted molar refractivity (Wildman–Crippen MR) is 115 cm³/mol. The molecule has 0 aliphatic heterocycles. The number of nitrogens with one attached hydrogen (secondary N) is 2. The fraction of sp³-hybridized carbons (Fsp3) is 0.238. The van der Waals surface area contributed by atoms with E-state index in [1.54, 1.807) is 0 Å². The molecule has 3 aromatic heterocycles. The van der Waals surface area contributed by atoms with E-state index in [1.807, 2.05) is 25.4 Å². The third-order valence-corrected chi connectivity index (χ3v) is 5.98. The quantitative estimate of drug-likeness (QED) is 0.501. The average Bonchev–Trinajstić information content (AvgIpc) is 3.14. The molecule has 4 N–H and O–H groups in total. The normalized spacial score (nSPS) is 12.7. The van der Waals surface area contributed by atoms with Crippen LogP contribution in [0, 0.1) is 6.92 Å². The van der Waals surface area contributed by atoms with E-state index in [2.05, 4.69) is 46.5 Å². The Hall–Kier alpha value is -2.70. The molecule has 0 saturated carbocycles. The highest BCUT2D eigenvalue weighted by molar-refractivity contribution is 7.17. The second kappa shape index (κ2) is 6.79. The molecule has 1 aromatic carbocycles. The zero-order valence-corrected chi connectivity index (χ0v) is 16.4. The van der Waals surface area contributed by atoms with E-state index in [9.17, 15) is 4.79 Å². The van der Waals surface area contributed by atoms with Crippen molar-refractivity contribution in [2.75, 3.05) is 19.3 Å². The van der Waals surface area contributed by atoms with Crippen molar-refractivity contribution in [1.82, 2.24) is 15.3 Å². The standard InChI is InChI=1S/C21H22N4OS/c1-11(10-23-3)13-4-6-14(7-5-13)16-17-15-8-9-27-19(15)21(26)25-18(17)12(2)24-20(16)22/h4-9,11,23H,10H2,1-3H3,(H2,22,24)(H,25,26). The molecule has 4 rings (SSSR count). The number of likely N-dealkylation sites (N-methyl/N-ethyl adjacent to an activating group) is 1. The summed E-state index contributed by atoms with van der Waals surface area (Å²) in [4.78, 5) is 19.9. The molecule has 0 fully saturated rings. The van der Waals surface area contributed by atoms with Gasteiger partial charge < -0.3 is 16.0 Å². The molecule has 0 bridgehead atoms. The smallest absolute Gasteiger partial charge is 0.266 e. The summed E-state index contributed by atoms with van der Waals surface area (Å²) in [5.74, 6) is 0.907. The number of thiophene rings is 1. The van der Waals surface area contributed by atoms with E-state index >= 15 is 0 Å². The van der Waals surface area contributed by atoms with Crippen LogP contribution in [0.2, 0.25) is 0 Å². The lowest BCUT2D eigenvalue weighted by atomic mass is 9.95. The summed E-state index contributed by atoms with van der Waals surface area (Å²) >= 11 is 1.44. The number of aryl methyl sites for hydroxylation is 1. The lowest BCUT2D eigenvalue weighted by Gasteiger charge is -2.15. The summed E-state index contributed by atoms with van der Waals surface area (Å²) < 4.78 is 0.716. The third kappa shape index (κ3) is 2.91. The molecule has 4 aromatic rings. The number of rotatable bonds is 4. The van der Waals surface area contributed by atoms with Crippen LogP contribution in [0.4, 0.5) is 5.82 Å². The highest BCUT2D eigenvalue weighted by atomic mass is 32.1. The van der Waals surface area contributed by atoms with Crippen LogP contribution in [-0.4, -0.2) is 23.6 Å². The van der Waals surface area contributed by atoms with Gasteiger partial charge in [-0.15, -0.1) is 11.3 Å². The SMILES string of the molecule is CNCC(C)c1ccc(-c2c(N)nc(C)c3[nH]c(=O)c4sccc4c23)cc1. The third-order valence-electron chi connectivity index (χ3n) is 5.06. The van der Waals surface area contributed by atoms with Gasteiger partial charge in [0.2, 0.25) is 0 Å². The minimum Gasteiger partial charge on any atom is -0.383 e. The number of H-pyrrole nitrogens is 1. The van der Waals surface area contributed by atoms with Gasteiger partial charge in [-0.3, -0.25) is 4.79 Å². The molecule has 0 saturated heterocycles. The van der Waals surface area contributed by atoms with Crippen molar-refractivity contribution in [3.05, 3.63) is 57.3 Å². The van der Waals surface area contributed by atoms with Crippen LogP contribution in [-0.2, 0) is 0 Å². The number of nitrogens with zero attached hydrogens (tertiary/aromatic N) is 1. The van der Waals surface area contributed by atoms with Gasteiger partial charge in [-0.1, -0.05) is 31.2 Å². The molecular weight excluding hydrogens is 356 g/mol. The van der Waals surface area contributed by atoms with Crippen molar-refractivity contribution < 1.29 is 0 Å². The summed E-state index contributed by atoms with van der Waals surface area (Å²) in [7, 11) is 1.96. The first-order valence-electron chi connectivity index (χ1n) is 8.95. The number of fused-ring (bicyclic) bond motifs is 3. The Morgan fingerprint density at radius 1 is 1.26 bits per heavy atom. The van der Waals surface area contributed by atoms with Crippen LogP contribution in [0.5, 0.6) is 0 Å². The van der Waals surface area contributed by atoms with Gasteiger partial charge in [0.15, 0.2) is 0 Å². The Kier molecular flexibility index (Phi) is 4.45. The highest BCUT2D eigenvalue weighted by Crippen LogP contribution is 2.38. The van der Waals surface area contributed by atoms with Gasteiger partial charge in [0.05, 0.1) is 11.2 Å². The highest BCUT2D eigenvalue weighted by Gasteiger charge is 2.17. The minimum absolute atomic E-state index is 0.0793. The van der Waals surface area contributed by atoms with Gasteiger partial charge in [-0.05, 0) is 42.5 Å². The number of hydrogen-bond acceptors (Lipinski definition) is 5. The van der Waals surface area contributed by atoms with Gasteiger partial charge in [0.1, 0.15) is 10.5 Å². The van der Waals surface area contributed by atoms with Gasteiger partial charge in [-0.2, -0.15) is 0 Å². The topological polar surface area (TPSA) is 83.8 Å². The maximum absolute atomic E-state index is 12.4. The average molecular weight is 379 g/mol. The fourth-order valence-corrected chi connectivity index (χ4v) is 4.49. The van der Waals surface area contributed by atoms with E-state index in [0.717, 1.165) is 39.7 Å². The second-order valence-corrected chi connectivity index (χ2v) is 7.82. The summed E-state index contributed by atoms with van der Waals surface area (Å²) in [5, 5.41) is 7.05. The molecule has 0 aliphatic carbocycles. The summed E-state index contributed by atoms with van der Waals surface area (Å²) in [6, 6.07) is 10.4. The Labute approximate surface area is 161 Å². The fourth-order valence-electron chi connectivity index (χ4n) is 3.70. The first-order chi connectivity index (χ1) is 13.0. The first kappa shape index (κ1) is 17.7. The molecule has 0 radical (unpaired) electrons. The maximum Gasteiger partial charge on any atom is 0.266 e. The van der Waals surface area contributed by atoms with Gasteiger partial charge >= 0.3 is 0 Å². The number of nitrogen functional groups attached to an aromatic ring is 1. The molecule has 138 valence electrons. The zero-order chi connectivity index (χ0) is 19.1. The number of anilines is 1. The van der Waals surface area contributed by atoms with Gasteiger partial charge in [0.25, 0.3) is 5.56 Å². The van der Waals surface area contributed by atoms with E-state index in [4.69, 9.17) is 5.73 Å². The van der Waals surface area contributed by atoms with Crippen molar-refractivity contribution in [2.24, 2.45) is 0 Å². The van der Waals surface area contributed by atoms with Crippen LogP contribution >= 0.6 is 11.3 Å². The van der Waals surface area contributed by atoms with Crippen LogP contribution in [0.25, 0.3) is 32.1 Å². The van der Waals surface area contributed by atoms with Crippen LogP contribution in [0.3, 0.4) is 0 Å². The maximum atomic E-state index is 12.4. The molecule has 0 aliphatic rings. The number of pyridine rings is 2. The van der Waals surface area contributed by atoms with Crippen LogP contribution in [0.1, 0.15) is 24.1 Å². The molecule has 0 amide bonds. The van der Waals surface area contributed by atoms with Gasteiger partial charge in [0, 0.05) is 22.9 Å². The monoisotopic (exact) mass is 378 g/mol. The van der Waals surface area contributed by atoms with E-state index in [1.165, 1.54) is 16.9 Å². The lowest BCUT2D eigenvalue weighted by molar-refractivity contribution is 0.678. The Balaban J connectivity index is 1.99. The van der Waals surface area contributed by atoms with E-state index < -0.39 is 0 Å². The number of hydrogen-bond donors (Lipinski definition) is 3. The Bertz CT molecular complexity index is 1190. The number of aromatic amines is 1. The Morgan fingerprint density at radius 2 is 2.00 bits per heavy atom. The van der Waals surface area contributed by atoms with Crippen molar-refractivity contribution >= 4 is 38.1 Å². The number of aromatic nitrogens is 2. The van der Waals surface area contributed by atoms with Gasteiger partial charge in [-0.25, -0.2) is 4.98 Å². The molecule has 5 nitrogen and oxygen atoms in total. The van der Waals surface area contributed by atoms with E-state index in [-0.39, 0.29) is 5.56 Å². The molecular formula is C21H22N4OS. The molecule has 3 heterocycles. The van der Waals surface area contributed by atoms with Crippen molar-refractivity contribution in [1.29, 1.82) is 0 Å². The molecule has 0 spiro atoms. The van der Waals surface area contributed by atoms with E-state index in [0.29, 0.717) is 16.4 Å². The summed E-state index contributed by atoms with van der Waals surface area (Å²) in [6.45, 7) is 4.99. The number of benzene rings is 1. The molecule has 6 heteroatoms. The van der Waals surface area contributed by atoms with Crippen molar-refractivity contribution in [3.63, 3.8) is 0 Å². The largest absolute Gasteiger partial charge is 0.383 e. The van der Waals surface area contributed by atoms with Crippen molar-refractivity contribution in [2.45, 2.75) is 19.8 Å². The summed E-state index contributed by atoms with van der Waals surface area (Å²) in [5.41, 5.74) is 10.9. The minimum atomic E-state index is -0.0793. The molecule has 1 atom stereocenters. The van der Waals surface area contributed by atoms with Crippen LogP contribution < -0.4 is 16.6 Å². The Morgan fingerprint density at radius 3 is 2.70 bits per heavy atom. The molecule has 27 heavy (non-hydrogen) atoms. The van der Waals surface area contributed by atoms with Crippen LogP contribution in [0.15, 0.2) is 40.5 Å². The first-order valence-corrected chi connectivity index (χ1v) is 9.83.